The monoisotopic (exact) mass is 237 g/mol. The molecule has 2 rings (SSSR count). The largest absolute Gasteiger partial charge is 0.465 e. The molecule has 1 aromatic carbocycles. The van der Waals surface area contributed by atoms with Gasteiger partial charge in [0.05, 0.1) is 7.11 Å². The van der Waals surface area contributed by atoms with Crippen molar-refractivity contribution in [2.75, 3.05) is 7.11 Å². The van der Waals surface area contributed by atoms with Gasteiger partial charge in [-0.25, -0.2) is 4.79 Å². The maximum atomic E-state index is 11.4. The Morgan fingerprint density at radius 2 is 2.06 bits per heavy atom. The van der Waals surface area contributed by atoms with E-state index in [2.05, 4.69) is 9.89 Å². The van der Waals surface area contributed by atoms with E-state index in [-0.39, 0.29) is 0 Å². The third-order valence-corrected chi connectivity index (χ3v) is 2.34. The SMILES string of the molecule is COC(=O)c1conc1-c1ccc(Cl)cc1. The fraction of sp³-hybridized carbons (Fsp3) is 0.0909. The van der Waals surface area contributed by atoms with Crippen LogP contribution in [0.25, 0.3) is 11.3 Å². The Morgan fingerprint density at radius 3 is 2.69 bits per heavy atom. The molecule has 1 aromatic heterocycles. The molecule has 0 radical (unpaired) electrons. The number of aromatic nitrogens is 1. The predicted molar refractivity (Wildman–Crippen MR) is 58.3 cm³/mol. The summed E-state index contributed by atoms with van der Waals surface area (Å²) in [6.07, 6.45) is 1.26. The first-order valence-corrected chi connectivity index (χ1v) is 4.89. The maximum Gasteiger partial charge on any atom is 0.343 e. The van der Waals surface area contributed by atoms with Gasteiger partial charge in [0.25, 0.3) is 0 Å². The van der Waals surface area contributed by atoms with Gasteiger partial charge in [0.2, 0.25) is 0 Å². The molecule has 0 amide bonds. The van der Waals surface area contributed by atoms with Crippen molar-refractivity contribution in [1.82, 2.24) is 5.16 Å². The predicted octanol–water partition coefficient (Wildman–Crippen LogP) is 2.78. The number of benzene rings is 1. The minimum atomic E-state index is -0.480. The summed E-state index contributed by atoms with van der Waals surface area (Å²) in [5.41, 5.74) is 1.49. The van der Waals surface area contributed by atoms with Gasteiger partial charge in [-0.3, -0.25) is 0 Å². The lowest BCUT2D eigenvalue weighted by Crippen LogP contribution is -2.01. The van der Waals surface area contributed by atoms with Crippen LogP contribution in [-0.2, 0) is 4.74 Å². The van der Waals surface area contributed by atoms with Crippen LogP contribution in [0.1, 0.15) is 10.4 Å². The van der Waals surface area contributed by atoms with E-state index in [4.69, 9.17) is 16.1 Å². The number of hydrogen-bond donors (Lipinski definition) is 0. The van der Waals surface area contributed by atoms with Crippen molar-refractivity contribution >= 4 is 17.6 Å². The number of carbonyl (C=O) groups is 1. The van der Waals surface area contributed by atoms with Gasteiger partial charge in [-0.1, -0.05) is 28.9 Å². The van der Waals surface area contributed by atoms with Crippen LogP contribution in [0.3, 0.4) is 0 Å². The summed E-state index contributed by atoms with van der Waals surface area (Å²) >= 11 is 5.77. The molecule has 0 saturated carbocycles. The molecule has 16 heavy (non-hydrogen) atoms. The van der Waals surface area contributed by atoms with Crippen molar-refractivity contribution < 1.29 is 14.1 Å². The zero-order valence-electron chi connectivity index (χ0n) is 8.44. The zero-order valence-corrected chi connectivity index (χ0v) is 9.19. The molecular formula is C11H8ClNO3. The van der Waals surface area contributed by atoms with Crippen molar-refractivity contribution in [2.24, 2.45) is 0 Å². The second-order valence-corrected chi connectivity index (χ2v) is 3.51. The van der Waals surface area contributed by atoms with Gasteiger partial charge in [-0.15, -0.1) is 0 Å². The molecule has 4 nitrogen and oxygen atoms in total. The Labute approximate surface area is 96.8 Å². The van der Waals surface area contributed by atoms with Crippen LogP contribution < -0.4 is 0 Å². The van der Waals surface area contributed by atoms with E-state index in [1.807, 2.05) is 0 Å². The highest BCUT2D eigenvalue weighted by Gasteiger charge is 2.17. The van der Waals surface area contributed by atoms with Crippen molar-refractivity contribution in [3.8, 4) is 11.3 Å². The zero-order chi connectivity index (χ0) is 11.5. The number of nitrogens with zero attached hydrogens (tertiary/aromatic N) is 1. The van der Waals surface area contributed by atoms with Crippen LogP contribution >= 0.6 is 11.6 Å². The van der Waals surface area contributed by atoms with E-state index in [0.29, 0.717) is 16.3 Å². The number of ether oxygens (including phenoxy) is 1. The van der Waals surface area contributed by atoms with E-state index in [1.54, 1.807) is 24.3 Å². The second-order valence-electron chi connectivity index (χ2n) is 3.08. The summed E-state index contributed by atoms with van der Waals surface area (Å²) in [5.74, 6) is -0.480. The smallest absolute Gasteiger partial charge is 0.343 e. The summed E-state index contributed by atoms with van der Waals surface area (Å²) in [6, 6.07) is 6.94. The van der Waals surface area contributed by atoms with Gasteiger partial charge in [-0.05, 0) is 12.1 Å². The van der Waals surface area contributed by atoms with E-state index < -0.39 is 5.97 Å². The van der Waals surface area contributed by atoms with Gasteiger partial charge >= 0.3 is 5.97 Å². The van der Waals surface area contributed by atoms with Crippen molar-refractivity contribution in [1.29, 1.82) is 0 Å². The third-order valence-electron chi connectivity index (χ3n) is 2.09. The van der Waals surface area contributed by atoms with Crippen molar-refractivity contribution in [3.05, 3.63) is 41.1 Å². The highest BCUT2D eigenvalue weighted by Crippen LogP contribution is 2.24. The number of methoxy groups -OCH3 is 1. The van der Waals surface area contributed by atoms with Crippen LogP contribution in [0.15, 0.2) is 35.1 Å². The highest BCUT2D eigenvalue weighted by atomic mass is 35.5. The standard InChI is InChI=1S/C11H8ClNO3/c1-15-11(14)9-6-16-13-10(9)7-2-4-8(12)5-3-7/h2-6H,1H3. The molecule has 0 aliphatic rings. The molecule has 0 aliphatic carbocycles. The van der Waals surface area contributed by atoms with E-state index in [9.17, 15) is 4.79 Å². The summed E-state index contributed by atoms with van der Waals surface area (Å²) in [6.45, 7) is 0. The molecule has 0 saturated heterocycles. The fourth-order valence-electron chi connectivity index (χ4n) is 1.31. The number of esters is 1. The molecule has 0 bridgehead atoms. The van der Waals surface area contributed by atoms with Crippen LogP contribution in [-0.4, -0.2) is 18.2 Å². The molecule has 0 fully saturated rings. The number of rotatable bonds is 2. The van der Waals surface area contributed by atoms with E-state index in [1.165, 1.54) is 13.4 Å². The number of halogens is 1. The third kappa shape index (κ3) is 1.92. The molecule has 82 valence electrons. The lowest BCUT2D eigenvalue weighted by atomic mass is 10.1. The van der Waals surface area contributed by atoms with Crippen LogP contribution in [0.4, 0.5) is 0 Å². The molecule has 0 spiro atoms. The van der Waals surface area contributed by atoms with Crippen molar-refractivity contribution in [2.45, 2.75) is 0 Å². The molecule has 1 heterocycles. The normalized spacial score (nSPS) is 10.1. The molecule has 0 unspecified atom stereocenters. The van der Waals surface area contributed by atoms with Gasteiger partial charge < -0.3 is 9.26 Å². The highest BCUT2D eigenvalue weighted by molar-refractivity contribution is 6.30. The molecular weight excluding hydrogens is 230 g/mol. The average molecular weight is 238 g/mol. The molecule has 2 aromatic rings. The first-order valence-electron chi connectivity index (χ1n) is 4.51. The minimum Gasteiger partial charge on any atom is -0.465 e. The Hall–Kier alpha value is -1.81. The maximum absolute atomic E-state index is 11.4. The Balaban J connectivity index is 2.44. The number of hydrogen-bond acceptors (Lipinski definition) is 4. The molecule has 0 aliphatic heterocycles. The quantitative estimate of drug-likeness (QED) is 0.754. The lowest BCUT2D eigenvalue weighted by Gasteiger charge is -1.99. The van der Waals surface area contributed by atoms with E-state index in [0.717, 1.165) is 5.56 Å². The fourth-order valence-corrected chi connectivity index (χ4v) is 1.43. The summed E-state index contributed by atoms with van der Waals surface area (Å²) in [5, 5.41) is 4.38. The van der Waals surface area contributed by atoms with Gasteiger partial charge in [0.1, 0.15) is 17.5 Å². The Bertz CT molecular complexity index is 504. The van der Waals surface area contributed by atoms with Crippen LogP contribution in [0.2, 0.25) is 5.02 Å². The lowest BCUT2D eigenvalue weighted by molar-refractivity contribution is 0.0600. The summed E-state index contributed by atoms with van der Waals surface area (Å²) in [4.78, 5) is 11.4. The average Bonchev–Trinajstić information content (AvgIpc) is 2.78. The first kappa shape index (κ1) is 10.7. The van der Waals surface area contributed by atoms with Gasteiger partial charge in [-0.2, -0.15) is 0 Å². The first-order chi connectivity index (χ1) is 7.72. The van der Waals surface area contributed by atoms with Crippen LogP contribution in [0.5, 0.6) is 0 Å². The van der Waals surface area contributed by atoms with Crippen LogP contribution in [0, 0.1) is 0 Å². The molecule has 5 heteroatoms. The number of carbonyl (C=O) groups excluding carboxylic acids is 1. The Morgan fingerprint density at radius 1 is 1.38 bits per heavy atom. The van der Waals surface area contributed by atoms with Crippen molar-refractivity contribution in [3.63, 3.8) is 0 Å². The molecule has 0 N–H and O–H groups in total. The molecule has 0 atom stereocenters. The minimum absolute atomic E-state index is 0.296. The Kier molecular flexibility index (Phi) is 2.92. The summed E-state index contributed by atoms with van der Waals surface area (Å²) < 4.78 is 9.38. The van der Waals surface area contributed by atoms with Gasteiger partial charge in [0, 0.05) is 10.6 Å². The topological polar surface area (TPSA) is 52.3 Å². The second kappa shape index (κ2) is 4.37. The van der Waals surface area contributed by atoms with Gasteiger partial charge in [0.15, 0.2) is 0 Å². The summed E-state index contributed by atoms with van der Waals surface area (Å²) in [7, 11) is 1.31. The van der Waals surface area contributed by atoms with E-state index >= 15 is 0 Å².